The predicted octanol–water partition coefficient (Wildman–Crippen LogP) is 1.30. The van der Waals surface area contributed by atoms with Crippen molar-refractivity contribution < 1.29 is 9.90 Å². The van der Waals surface area contributed by atoms with Crippen molar-refractivity contribution in [3.05, 3.63) is 17.5 Å². The van der Waals surface area contributed by atoms with Crippen molar-refractivity contribution in [1.29, 1.82) is 0 Å². The third-order valence-electron chi connectivity index (χ3n) is 2.70. The molecule has 0 saturated carbocycles. The highest BCUT2D eigenvalue weighted by atomic mass is 35.5. The quantitative estimate of drug-likeness (QED) is 0.805. The Morgan fingerprint density at radius 1 is 1.73 bits per heavy atom. The van der Waals surface area contributed by atoms with Crippen LogP contribution in [0, 0.1) is 0 Å². The molecule has 1 fully saturated rings. The number of aromatic amines is 1. The highest BCUT2D eigenvalue weighted by Crippen LogP contribution is 2.28. The maximum absolute atomic E-state index is 10.6. The Bertz CT molecular complexity index is 353. The molecular formula is C9H14ClN3O2. The van der Waals surface area contributed by atoms with Gasteiger partial charge in [0, 0.05) is 0 Å². The van der Waals surface area contributed by atoms with Crippen LogP contribution in [-0.4, -0.2) is 39.8 Å². The van der Waals surface area contributed by atoms with Crippen molar-refractivity contribution in [3.63, 3.8) is 0 Å². The van der Waals surface area contributed by atoms with Gasteiger partial charge < -0.3 is 5.11 Å². The average Bonchev–Trinajstić information content (AvgIpc) is 2.71. The summed E-state index contributed by atoms with van der Waals surface area (Å²) in [6.45, 7) is 1.06. The van der Waals surface area contributed by atoms with Gasteiger partial charge in [0.25, 0.3) is 0 Å². The summed E-state index contributed by atoms with van der Waals surface area (Å²) >= 11 is 0. The number of likely N-dealkylation sites (tertiary alicyclic amines) is 1. The Morgan fingerprint density at radius 3 is 2.93 bits per heavy atom. The van der Waals surface area contributed by atoms with Crippen molar-refractivity contribution >= 4 is 18.4 Å². The van der Waals surface area contributed by atoms with Gasteiger partial charge in [-0.2, -0.15) is 5.10 Å². The molecule has 1 unspecified atom stereocenters. The zero-order chi connectivity index (χ0) is 10.1. The first-order valence-electron chi connectivity index (χ1n) is 4.67. The summed E-state index contributed by atoms with van der Waals surface area (Å²) in [5.74, 6) is -0.979. The maximum Gasteiger partial charge on any atom is 0.356 e. The monoisotopic (exact) mass is 231 g/mol. The molecule has 2 N–H and O–H groups in total. The Balaban J connectivity index is 0.00000112. The normalized spacial score (nSPS) is 21.3. The Hall–Kier alpha value is -1.07. The fourth-order valence-electron chi connectivity index (χ4n) is 1.92. The van der Waals surface area contributed by atoms with Gasteiger partial charge in [0.15, 0.2) is 5.69 Å². The van der Waals surface area contributed by atoms with Crippen LogP contribution in [0.2, 0.25) is 0 Å². The molecule has 2 heterocycles. The van der Waals surface area contributed by atoms with Crippen LogP contribution in [0.1, 0.15) is 35.1 Å². The van der Waals surface area contributed by atoms with Gasteiger partial charge in [0.2, 0.25) is 0 Å². The average molecular weight is 232 g/mol. The van der Waals surface area contributed by atoms with E-state index in [1.807, 2.05) is 7.05 Å². The van der Waals surface area contributed by atoms with E-state index < -0.39 is 5.97 Å². The van der Waals surface area contributed by atoms with Crippen LogP contribution in [-0.2, 0) is 0 Å². The molecule has 15 heavy (non-hydrogen) atoms. The SMILES string of the molecule is CN1CCCC1c1cc(C(=O)O)n[nH]1.Cl. The van der Waals surface area contributed by atoms with E-state index in [9.17, 15) is 4.79 Å². The van der Waals surface area contributed by atoms with Gasteiger partial charge in [-0.1, -0.05) is 0 Å². The molecule has 0 amide bonds. The second-order valence-electron chi connectivity index (χ2n) is 3.65. The molecule has 1 aromatic rings. The molecule has 0 aliphatic carbocycles. The summed E-state index contributed by atoms with van der Waals surface area (Å²) < 4.78 is 0. The molecule has 0 bridgehead atoms. The highest BCUT2D eigenvalue weighted by Gasteiger charge is 2.24. The van der Waals surface area contributed by atoms with Crippen LogP contribution in [0.25, 0.3) is 0 Å². The van der Waals surface area contributed by atoms with Gasteiger partial charge in [-0.15, -0.1) is 12.4 Å². The van der Waals surface area contributed by atoms with Crippen LogP contribution in [0.3, 0.4) is 0 Å². The van der Waals surface area contributed by atoms with E-state index >= 15 is 0 Å². The van der Waals surface area contributed by atoms with Crippen LogP contribution in [0.4, 0.5) is 0 Å². The smallest absolute Gasteiger partial charge is 0.356 e. The van der Waals surface area contributed by atoms with Gasteiger partial charge in [-0.3, -0.25) is 10.00 Å². The lowest BCUT2D eigenvalue weighted by Gasteiger charge is -2.16. The first-order chi connectivity index (χ1) is 6.68. The van der Waals surface area contributed by atoms with Crippen LogP contribution >= 0.6 is 12.4 Å². The number of aromatic nitrogens is 2. The third-order valence-corrected chi connectivity index (χ3v) is 2.70. The number of hydrogen-bond acceptors (Lipinski definition) is 3. The Labute approximate surface area is 93.9 Å². The summed E-state index contributed by atoms with van der Waals surface area (Å²) in [7, 11) is 2.04. The Morgan fingerprint density at radius 2 is 2.47 bits per heavy atom. The van der Waals surface area contributed by atoms with E-state index in [0.29, 0.717) is 6.04 Å². The van der Waals surface area contributed by atoms with Gasteiger partial charge in [-0.05, 0) is 32.5 Å². The molecule has 1 aromatic heterocycles. The number of carbonyl (C=O) groups is 1. The van der Waals surface area contributed by atoms with E-state index in [1.54, 1.807) is 6.07 Å². The lowest BCUT2D eigenvalue weighted by molar-refractivity contribution is 0.0690. The molecule has 6 heteroatoms. The molecule has 1 atom stereocenters. The van der Waals surface area contributed by atoms with Gasteiger partial charge >= 0.3 is 5.97 Å². The number of nitrogens with one attached hydrogen (secondary N) is 1. The molecular weight excluding hydrogens is 218 g/mol. The topological polar surface area (TPSA) is 69.2 Å². The number of rotatable bonds is 2. The molecule has 5 nitrogen and oxygen atoms in total. The Kier molecular flexibility index (Phi) is 3.71. The minimum atomic E-state index is -0.979. The lowest BCUT2D eigenvalue weighted by atomic mass is 10.1. The number of halogens is 1. The van der Waals surface area contributed by atoms with E-state index in [-0.39, 0.29) is 18.1 Å². The van der Waals surface area contributed by atoms with E-state index in [2.05, 4.69) is 15.1 Å². The van der Waals surface area contributed by atoms with Crippen molar-refractivity contribution in [1.82, 2.24) is 15.1 Å². The molecule has 1 saturated heterocycles. The van der Waals surface area contributed by atoms with Crippen molar-refractivity contribution in [2.24, 2.45) is 0 Å². The molecule has 0 radical (unpaired) electrons. The number of H-pyrrole nitrogens is 1. The minimum Gasteiger partial charge on any atom is -0.476 e. The molecule has 0 aromatic carbocycles. The van der Waals surface area contributed by atoms with Crippen molar-refractivity contribution in [3.8, 4) is 0 Å². The minimum absolute atomic E-state index is 0. The molecule has 0 spiro atoms. The second kappa shape index (κ2) is 4.63. The maximum atomic E-state index is 10.6. The molecule has 1 aliphatic rings. The van der Waals surface area contributed by atoms with Crippen LogP contribution < -0.4 is 0 Å². The fourth-order valence-corrected chi connectivity index (χ4v) is 1.92. The van der Waals surface area contributed by atoms with Gasteiger partial charge in [0.1, 0.15) is 0 Å². The summed E-state index contributed by atoms with van der Waals surface area (Å²) in [4.78, 5) is 12.8. The fraction of sp³-hybridized carbons (Fsp3) is 0.556. The van der Waals surface area contributed by atoms with Crippen molar-refractivity contribution in [2.45, 2.75) is 18.9 Å². The predicted molar refractivity (Wildman–Crippen MR) is 57.4 cm³/mol. The number of carboxylic acids is 1. The number of aromatic carboxylic acids is 1. The largest absolute Gasteiger partial charge is 0.476 e. The number of carboxylic acid groups (broad SMARTS) is 1. The number of nitrogens with zero attached hydrogens (tertiary/aromatic N) is 2. The lowest BCUT2D eigenvalue weighted by Crippen LogP contribution is -2.17. The van der Waals surface area contributed by atoms with E-state index in [1.165, 1.54) is 0 Å². The summed E-state index contributed by atoms with van der Waals surface area (Å²) in [5.41, 5.74) is 1.00. The first kappa shape index (κ1) is 12.0. The van der Waals surface area contributed by atoms with Gasteiger partial charge in [-0.25, -0.2) is 4.79 Å². The zero-order valence-corrected chi connectivity index (χ0v) is 9.25. The summed E-state index contributed by atoms with van der Waals surface area (Å²) in [6, 6.07) is 1.92. The number of hydrogen-bond donors (Lipinski definition) is 2. The van der Waals surface area contributed by atoms with Crippen LogP contribution in [0.5, 0.6) is 0 Å². The second-order valence-corrected chi connectivity index (χ2v) is 3.65. The molecule has 1 aliphatic heterocycles. The van der Waals surface area contributed by atoms with Gasteiger partial charge in [0.05, 0.1) is 11.7 Å². The third kappa shape index (κ3) is 2.30. The summed E-state index contributed by atoms with van der Waals surface area (Å²) in [6.07, 6.45) is 2.22. The van der Waals surface area contributed by atoms with E-state index in [0.717, 1.165) is 25.1 Å². The molecule has 84 valence electrons. The van der Waals surface area contributed by atoms with E-state index in [4.69, 9.17) is 5.11 Å². The zero-order valence-electron chi connectivity index (χ0n) is 8.43. The van der Waals surface area contributed by atoms with Crippen molar-refractivity contribution in [2.75, 3.05) is 13.6 Å². The standard InChI is InChI=1S/C9H13N3O2.ClH/c1-12-4-2-3-8(12)6-5-7(9(13)14)11-10-6;/h5,8H,2-4H2,1H3,(H,10,11)(H,13,14);1H. The summed E-state index contributed by atoms with van der Waals surface area (Å²) in [5, 5.41) is 15.2. The first-order valence-corrected chi connectivity index (χ1v) is 4.67. The van der Waals surface area contributed by atoms with Crippen LogP contribution in [0.15, 0.2) is 6.07 Å². The highest BCUT2D eigenvalue weighted by molar-refractivity contribution is 5.85. The molecule has 2 rings (SSSR count).